The van der Waals surface area contributed by atoms with Crippen LogP contribution >= 0.6 is 11.8 Å². The maximum Gasteiger partial charge on any atom is 0.266 e. The van der Waals surface area contributed by atoms with Gasteiger partial charge in [-0.15, -0.1) is 0 Å². The molecule has 2 heterocycles. The van der Waals surface area contributed by atoms with E-state index in [1.54, 1.807) is 24.3 Å². The fraction of sp³-hybridized carbons (Fsp3) is 0.238. The largest absolute Gasteiger partial charge is 0.339 e. The minimum absolute atomic E-state index is 0.0781. The number of fused-ring (bicyclic) bond motifs is 1. The van der Waals surface area contributed by atoms with Crippen LogP contribution in [0.4, 0.5) is 8.78 Å². The first-order valence-electron chi connectivity index (χ1n) is 9.17. The molecule has 0 spiro atoms. The van der Waals surface area contributed by atoms with E-state index in [1.165, 1.54) is 17.8 Å². The molecule has 0 fully saturated rings. The molecule has 0 saturated carbocycles. The summed E-state index contributed by atoms with van der Waals surface area (Å²) in [5.74, 6) is -0.406. The van der Waals surface area contributed by atoms with Crippen molar-refractivity contribution in [2.45, 2.75) is 37.1 Å². The molecule has 0 aliphatic carbocycles. The van der Waals surface area contributed by atoms with Gasteiger partial charge in [-0.3, -0.25) is 9.36 Å². The van der Waals surface area contributed by atoms with E-state index < -0.39 is 17.2 Å². The van der Waals surface area contributed by atoms with E-state index >= 15 is 0 Å². The van der Waals surface area contributed by atoms with Crippen molar-refractivity contribution in [3.8, 4) is 5.69 Å². The Balaban J connectivity index is 1.80. The Hall–Kier alpha value is -3.07. The molecule has 2 aromatic carbocycles. The molecule has 0 unspecified atom stereocenters. The van der Waals surface area contributed by atoms with E-state index in [9.17, 15) is 13.6 Å². The second kappa shape index (κ2) is 7.64. The predicted molar refractivity (Wildman–Crippen MR) is 110 cm³/mol. The summed E-state index contributed by atoms with van der Waals surface area (Å²) >= 11 is 1.17. The Labute approximate surface area is 175 Å². The van der Waals surface area contributed by atoms with Gasteiger partial charge in [-0.05, 0) is 24.3 Å². The van der Waals surface area contributed by atoms with Gasteiger partial charge in [0.1, 0.15) is 11.6 Å². The molecule has 0 aliphatic rings. The lowest BCUT2D eigenvalue weighted by Gasteiger charge is -2.13. The maximum atomic E-state index is 14.5. The predicted octanol–water partition coefficient (Wildman–Crippen LogP) is 4.64. The van der Waals surface area contributed by atoms with Crippen molar-refractivity contribution in [2.24, 2.45) is 0 Å². The van der Waals surface area contributed by atoms with Gasteiger partial charge in [-0.2, -0.15) is 4.98 Å². The zero-order valence-corrected chi connectivity index (χ0v) is 17.3. The van der Waals surface area contributed by atoms with Crippen LogP contribution in [0.2, 0.25) is 0 Å². The van der Waals surface area contributed by atoms with Crippen LogP contribution in [-0.2, 0) is 11.2 Å². The summed E-state index contributed by atoms with van der Waals surface area (Å²) in [6.45, 7) is 5.87. The van der Waals surface area contributed by atoms with Gasteiger partial charge < -0.3 is 4.52 Å². The summed E-state index contributed by atoms with van der Waals surface area (Å²) in [6.07, 6.45) is 0. The molecule has 0 aliphatic heterocycles. The van der Waals surface area contributed by atoms with Crippen LogP contribution < -0.4 is 5.56 Å². The molecule has 0 atom stereocenters. The van der Waals surface area contributed by atoms with E-state index in [0.717, 1.165) is 16.7 Å². The Morgan fingerprint density at radius 2 is 1.87 bits per heavy atom. The molecule has 30 heavy (non-hydrogen) atoms. The van der Waals surface area contributed by atoms with E-state index in [0.29, 0.717) is 22.6 Å². The lowest BCUT2D eigenvalue weighted by atomic mass is 9.97. The zero-order chi connectivity index (χ0) is 21.5. The number of halogens is 2. The lowest BCUT2D eigenvalue weighted by Crippen LogP contribution is -2.22. The van der Waals surface area contributed by atoms with Crippen molar-refractivity contribution < 1.29 is 13.3 Å². The van der Waals surface area contributed by atoms with Crippen LogP contribution in [0.5, 0.6) is 0 Å². The monoisotopic (exact) mass is 428 g/mol. The molecular weight excluding hydrogens is 410 g/mol. The molecular formula is C21H18F2N4O2S. The van der Waals surface area contributed by atoms with Crippen molar-refractivity contribution in [3.63, 3.8) is 0 Å². The molecule has 0 saturated heterocycles. The minimum Gasteiger partial charge on any atom is -0.339 e. The first-order chi connectivity index (χ1) is 14.2. The van der Waals surface area contributed by atoms with Crippen molar-refractivity contribution in [2.75, 3.05) is 0 Å². The molecule has 0 amide bonds. The van der Waals surface area contributed by atoms with E-state index in [-0.39, 0.29) is 22.0 Å². The summed E-state index contributed by atoms with van der Waals surface area (Å²) < 4.78 is 34.4. The third kappa shape index (κ3) is 3.85. The van der Waals surface area contributed by atoms with Crippen LogP contribution in [0.25, 0.3) is 16.6 Å². The Bertz CT molecular complexity index is 1290. The number of hydrogen-bond acceptors (Lipinski definition) is 6. The lowest BCUT2D eigenvalue weighted by molar-refractivity contribution is 0.319. The minimum atomic E-state index is -0.856. The second-order valence-corrected chi connectivity index (χ2v) is 8.64. The highest BCUT2D eigenvalue weighted by molar-refractivity contribution is 7.98. The van der Waals surface area contributed by atoms with Crippen molar-refractivity contribution in [3.05, 3.63) is 76.2 Å². The van der Waals surface area contributed by atoms with Gasteiger partial charge >= 0.3 is 0 Å². The molecule has 0 radical (unpaired) electrons. The summed E-state index contributed by atoms with van der Waals surface area (Å²) in [5, 5.41) is 4.54. The first kappa shape index (κ1) is 20.2. The normalized spacial score (nSPS) is 11.9. The SMILES string of the molecule is CC(C)(C)c1nc(CSc2nc3ccccc3c(=O)n2-c2ccc(F)cc2F)no1. The average Bonchev–Trinajstić information content (AvgIpc) is 3.17. The van der Waals surface area contributed by atoms with Crippen molar-refractivity contribution in [1.29, 1.82) is 0 Å². The van der Waals surface area contributed by atoms with Gasteiger partial charge in [0.15, 0.2) is 11.0 Å². The summed E-state index contributed by atoms with van der Waals surface area (Å²) in [5.41, 5.74) is -0.341. The topological polar surface area (TPSA) is 73.8 Å². The highest BCUT2D eigenvalue weighted by Crippen LogP contribution is 2.26. The Morgan fingerprint density at radius 1 is 1.10 bits per heavy atom. The van der Waals surface area contributed by atoms with E-state index in [4.69, 9.17) is 4.52 Å². The van der Waals surface area contributed by atoms with E-state index in [1.807, 2.05) is 20.8 Å². The smallest absolute Gasteiger partial charge is 0.266 e. The molecule has 154 valence electrons. The van der Waals surface area contributed by atoms with Gasteiger partial charge in [0.25, 0.3) is 5.56 Å². The molecule has 4 aromatic rings. The van der Waals surface area contributed by atoms with Crippen LogP contribution in [0.15, 0.2) is 56.9 Å². The molecule has 6 nitrogen and oxygen atoms in total. The third-order valence-corrected chi connectivity index (χ3v) is 5.27. The van der Waals surface area contributed by atoms with Crippen LogP contribution in [0.3, 0.4) is 0 Å². The number of para-hydroxylation sites is 1. The molecule has 9 heteroatoms. The Kier molecular flexibility index (Phi) is 5.15. The highest BCUT2D eigenvalue weighted by atomic mass is 32.2. The first-order valence-corrected chi connectivity index (χ1v) is 10.2. The maximum absolute atomic E-state index is 14.5. The quantitative estimate of drug-likeness (QED) is 0.348. The van der Waals surface area contributed by atoms with Crippen LogP contribution in [0.1, 0.15) is 32.5 Å². The zero-order valence-electron chi connectivity index (χ0n) is 16.5. The summed E-state index contributed by atoms with van der Waals surface area (Å²) in [4.78, 5) is 22.0. The standard InChI is InChI=1S/C21H18F2N4O2S/c1-21(2,3)19-25-17(26-29-19)11-30-20-24-15-7-5-4-6-13(15)18(28)27(20)16-9-8-12(22)10-14(16)23/h4-10H,11H2,1-3H3. The van der Waals surface area contributed by atoms with Gasteiger partial charge in [-0.25, -0.2) is 13.8 Å². The number of thioether (sulfide) groups is 1. The van der Waals surface area contributed by atoms with E-state index in [2.05, 4.69) is 15.1 Å². The number of rotatable bonds is 4. The van der Waals surface area contributed by atoms with Gasteiger partial charge in [0, 0.05) is 11.5 Å². The van der Waals surface area contributed by atoms with Gasteiger partial charge in [0.2, 0.25) is 5.89 Å². The number of benzene rings is 2. The average molecular weight is 428 g/mol. The second-order valence-electron chi connectivity index (χ2n) is 7.70. The van der Waals surface area contributed by atoms with Gasteiger partial charge in [0.05, 0.1) is 22.3 Å². The fourth-order valence-electron chi connectivity index (χ4n) is 2.83. The molecule has 2 aromatic heterocycles. The number of nitrogens with zero attached hydrogens (tertiary/aromatic N) is 4. The third-order valence-electron chi connectivity index (χ3n) is 4.34. The summed E-state index contributed by atoms with van der Waals surface area (Å²) in [7, 11) is 0. The Morgan fingerprint density at radius 3 is 2.57 bits per heavy atom. The number of hydrogen-bond donors (Lipinski definition) is 0. The highest BCUT2D eigenvalue weighted by Gasteiger charge is 2.22. The molecule has 4 rings (SSSR count). The molecule has 0 bridgehead atoms. The van der Waals surface area contributed by atoms with Crippen molar-refractivity contribution >= 4 is 22.7 Å². The fourth-order valence-corrected chi connectivity index (χ4v) is 3.68. The van der Waals surface area contributed by atoms with Crippen molar-refractivity contribution in [1.82, 2.24) is 19.7 Å². The number of aromatic nitrogens is 4. The van der Waals surface area contributed by atoms with Crippen LogP contribution in [-0.4, -0.2) is 19.7 Å². The summed E-state index contributed by atoms with van der Waals surface area (Å²) in [6, 6.07) is 9.85. The van der Waals surface area contributed by atoms with Gasteiger partial charge in [-0.1, -0.05) is 49.8 Å². The van der Waals surface area contributed by atoms with Crippen LogP contribution in [0, 0.1) is 11.6 Å². The molecule has 0 N–H and O–H groups in total.